The maximum absolute atomic E-state index is 13.2. The second kappa shape index (κ2) is 9.37. The molecule has 3 aromatic heterocycles. The molecule has 9 nitrogen and oxygen atoms in total. The topological polar surface area (TPSA) is 118 Å². The van der Waals surface area contributed by atoms with Gasteiger partial charge in [-0.25, -0.2) is 27.8 Å². The van der Waals surface area contributed by atoms with Crippen LogP contribution in [0.3, 0.4) is 0 Å². The van der Waals surface area contributed by atoms with Crippen LogP contribution in [0.1, 0.15) is 26.9 Å². The molecule has 0 fully saturated rings. The summed E-state index contributed by atoms with van der Waals surface area (Å²) in [7, 11) is -3.87. The highest BCUT2D eigenvalue weighted by molar-refractivity contribution is 7.92. The minimum absolute atomic E-state index is 0.0264. The van der Waals surface area contributed by atoms with Crippen LogP contribution in [0.5, 0.6) is 0 Å². The van der Waals surface area contributed by atoms with Crippen LogP contribution >= 0.6 is 11.3 Å². The van der Waals surface area contributed by atoms with Gasteiger partial charge in [0.15, 0.2) is 4.96 Å². The molecule has 0 unspecified atom stereocenters. The molecule has 0 aliphatic heterocycles. The Kier molecular flexibility index (Phi) is 6.21. The number of amides is 1. The highest BCUT2D eigenvalue weighted by Crippen LogP contribution is 2.28. The normalized spacial score (nSPS) is 11.6. The Hall–Kier alpha value is -4.16. The molecule has 1 amide bonds. The van der Waals surface area contributed by atoms with Crippen molar-refractivity contribution in [1.82, 2.24) is 19.4 Å². The first-order valence-electron chi connectivity index (χ1n) is 11.1. The maximum Gasteiger partial charge on any atom is 0.267 e. The van der Waals surface area contributed by atoms with E-state index in [1.54, 1.807) is 38.2 Å². The van der Waals surface area contributed by atoms with Crippen molar-refractivity contribution in [2.45, 2.75) is 25.7 Å². The number of carbonyl (C=O) groups is 1. The number of rotatable bonds is 6. The summed E-state index contributed by atoms with van der Waals surface area (Å²) >= 11 is 1.23. The van der Waals surface area contributed by atoms with E-state index < -0.39 is 10.0 Å². The second-order valence-electron chi connectivity index (χ2n) is 8.33. The molecule has 37 heavy (non-hydrogen) atoms. The number of imidazole rings is 1. The summed E-state index contributed by atoms with van der Waals surface area (Å²) in [5.74, 6) is -0.0170. The van der Waals surface area contributed by atoms with E-state index in [4.69, 9.17) is 0 Å². The Balaban J connectivity index is 1.31. The third-order valence-corrected chi connectivity index (χ3v) is 8.06. The second-order valence-corrected chi connectivity index (χ2v) is 11.0. The van der Waals surface area contributed by atoms with Crippen molar-refractivity contribution < 1.29 is 17.6 Å². The minimum Gasteiger partial charge on any atom is -0.321 e. The fourth-order valence-corrected chi connectivity index (χ4v) is 5.79. The number of aryl methyl sites for hydroxylation is 3. The highest BCUT2D eigenvalue weighted by atomic mass is 32.2. The van der Waals surface area contributed by atoms with Crippen molar-refractivity contribution in [2.24, 2.45) is 0 Å². The molecule has 188 valence electrons. The van der Waals surface area contributed by atoms with Crippen molar-refractivity contribution in [3.05, 3.63) is 88.7 Å². The highest BCUT2D eigenvalue weighted by Gasteiger charge is 2.20. The van der Waals surface area contributed by atoms with Crippen LogP contribution in [-0.2, 0) is 10.0 Å². The smallest absolute Gasteiger partial charge is 0.267 e. The van der Waals surface area contributed by atoms with E-state index in [1.165, 1.54) is 47.7 Å². The molecule has 0 aliphatic carbocycles. The van der Waals surface area contributed by atoms with Gasteiger partial charge in [0.1, 0.15) is 22.3 Å². The fourth-order valence-electron chi connectivity index (χ4n) is 3.79. The predicted molar refractivity (Wildman–Crippen MR) is 140 cm³/mol. The van der Waals surface area contributed by atoms with Crippen molar-refractivity contribution in [3.8, 4) is 11.3 Å². The van der Waals surface area contributed by atoms with E-state index >= 15 is 0 Å². The van der Waals surface area contributed by atoms with Crippen LogP contribution in [0.2, 0.25) is 0 Å². The number of thiazole rings is 1. The van der Waals surface area contributed by atoms with Crippen LogP contribution in [0.15, 0.2) is 65.7 Å². The van der Waals surface area contributed by atoms with Gasteiger partial charge in [0.25, 0.3) is 15.9 Å². The van der Waals surface area contributed by atoms with Gasteiger partial charge < -0.3 is 5.32 Å². The number of carbonyl (C=O) groups excluding carboxylic acids is 1. The van der Waals surface area contributed by atoms with Gasteiger partial charge in [0, 0.05) is 34.9 Å². The number of fused-ring (bicyclic) bond motifs is 1. The lowest BCUT2D eigenvalue weighted by atomic mass is 10.2. The van der Waals surface area contributed by atoms with Gasteiger partial charge in [-0.15, -0.1) is 0 Å². The summed E-state index contributed by atoms with van der Waals surface area (Å²) in [4.78, 5) is 26.9. The van der Waals surface area contributed by atoms with Crippen LogP contribution in [-0.4, -0.2) is 33.7 Å². The van der Waals surface area contributed by atoms with Gasteiger partial charge in [-0.1, -0.05) is 11.3 Å². The van der Waals surface area contributed by atoms with E-state index in [0.717, 1.165) is 5.56 Å². The lowest BCUT2D eigenvalue weighted by molar-refractivity contribution is 0.102. The predicted octanol–water partition coefficient (Wildman–Crippen LogP) is 4.97. The molecular formula is C25H21FN6O3S2. The van der Waals surface area contributed by atoms with Gasteiger partial charge in [0.05, 0.1) is 10.6 Å². The van der Waals surface area contributed by atoms with E-state index in [9.17, 15) is 17.6 Å². The minimum atomic E-state index is -3.87. The number of benzene rings is 2. The van der Waals surface area contributed by atoms with Gasteiger partial charge >= 0.3 is 0 Å². The van der Waals surface area contributed by atoms with Crippen LogP contribution in [0.4, 0.5) is 15.9 Å². The van der Waals surface area contributed by atoms with Crippen LogP contribution in [0, 0.1) is 26.6 Å². The maximum atomic E-state index is 13.2. The first-order valence-corrected chi connectivity index (χ1v) is 13.4. The average molecular weight is 537 g/mol. The molecule has 0 spiro atoms. The number of nitrogens with one attached hydrogen (secondary N) is 2. The number of nitrogens with zero attached hydrogens (tertiary/aromatic N) is 4. The fraction of sp³-hybridized carbons (Fsp3) is 0.120. The zero-order valence-corrected chi connectivity index (χ0v) is 21.6. The Bertz CT molecular complexity index is 1720. The lowest BCUT2D eigenvalue weighted by Gasteiger charge is -2.10. The summed E-state index contributed by atoms with van der Waals surface area (Å²) in [6.07, 6.45) is 1.80. The van der Waals surface area contributed by atoms with E-state index in [1.807, 2.05) is 11.3 Å². The van der Waals surface area contributed by atoms with Gasteiger partial charge in [0.2, 0.25) is 0 Å². The summed E-state index contributed by atoms with van der Waals surface area (Å²) in [6.45, 7) is 5.24. The Morgan fingerprint density at radius 1 is 0.973 bits per heavy atom. The molecule has 0 radical (unpaired) electrons. The number of halogens is 1. The van der Waals surface area contributed by atoms with E-state index in [2.05, 4.69) is 25.0 Å². The van der Waals surface area contributed by atoms with Crippen molar-refractivity contribution >= 4 is 43.7 Å². The number of hydrogen-bond acceptors (Lipinski definition) is 7. The van der Waals surface area contributed by atoms with Gasteiger partial charge in [-0.3, -0.25) is 13.9 Å². The lowest BCUT2D eigenvalue weighted by Crippen LogP contribution is -2.15. The van der Waals surface area contributed by atoms with Crippen LogP contribution < -0.4 is 10.0 Å². The summed E-state index contributed by atoms with van der Waals surface area (Å²) in [5.41, 5.74) is 3.25. The molecule has 0 saturated heterocycles. The summed E-state index contributed by atoms with van der Waals surface area (Å²) in [5, 5.41) is 2.80. The summed E-state index contributed by atoms with van der Waals surface area (Å²) in [6, 6.07) is 13.4. The SMILES string of the molecule is Cc1cc(NS(=O)(=O)c2ccc(NC(=O)c3sc4nc(-c5ccc(F)cc5)cn4c3C)cc2)nc(C)n1. The molecule has 0 atom stereocenters. The zero-order valence-electron chi connectivity index (χ0n) is 20.0. The molecule has 0 bridgehead atoms. The molecule has 5 aromatic rings. The Morgan fingerprint density at radius 2 is 1.68 bits per heavy atom. The molecule has 2 N–H and O–H groups in total. The molecule has 2 aromatic carbocycles. The monoisotopic (exact) mass is 536 g/mol. The summed E-state index contributed by atoms with van der Waals surface area (Å²) < 4.78 is 43.0. The number of sulfonamides is 1. The van der Waals surface area contributed by atoms with Crippen LogP contribution in [0.25, 0.3) is 16.2 Å². The Morgan fingerprint density at radius 3 is 2.32 bits per heavy atom. The van der Waals surface area contributed by atoms with E-state index in [-0.39, 0.29) is 22.4 Å². The molecular weight excluding hydrogens is 515 g/mol. The average Bonchev–Trinajstić information content (AvgIpc) is 3.38. The van der Waals surface area contributed by atoms with Crippen molar-refractivity contribution in [3.63, 3.8) is 0 Å². The third-order valence-electron chi connectivity index (χ3n) is 5.53. The standard InChI is InChI=1S/C25H21FN6O3S2/c1-14-12-22(28-16(3)27-14)31-37(34,35)20-10-8-19(9-11-20)29-24(33)23-15(2)32-13-21(30-25(32)36-23)17-4-6-18(26)7-5-17/h4-13H,1-3H3,(H,29,33)(H,27,28,31). The first kappa shape index (κ1) is 24.5. The van der Waals surface area contributed by atoms with Gasteiger partial charge in [-0.05, 0) is 69.3 Å². The number of anilines is 2. The van der Waals surface area contributed by atoms with Crippen molar-refractivity contribution in [1.29, 1.82) is 0 Å². The quantitative estimate of drug-likeness (QED) is 0.316. The first-order chi connectivity index (χ1) is 17.6. The van der Waals surface area contributed by atoms with E-state index in [0.29, 0.717) is 38.4 Å². The Labute approximate surface area is 216 Å². The molecule has 0 saturated carbocycles. The molecule has 3 heterocycles. The largest absolute Gasteiger partial charge is 0.321 e. The zero-order chi connectivity index (χ0) is 26.3. The molecule has 5 rings (SSSR count). The molecule has 0 aliphatic rings. The van der Waals surface area contributed by atoms with Crippen molar-refractivity contribution in [2.75, 3.05) is 10.0 Å². The number of aromatic nitrogens is 4. The van der Waals surface area contributed by atoms with Gasteiger partial charge in [-0.2, -0.15) is 0 Å². The molecule has 12 heteroatoms. The number of hydrogen-bond donors (Lipinski definition) is 2. The third kappa shape index (κ3) is 5.06.